The van der Waals surface area contributed by atoms with Crippen molar-refractivity contribution in [2.45, 2.75) is 13.8 Å². The number of fused-ring (bicyclic) bond motifs is 1. The Hall–Kier alpha value is -3.14. The van der Waals surface area contributed by atoms with Crippen LogP contribution in [0.4, 0.5) is 5.69 Å². The van der Waals surface area contributed by atoms with Crippen LogP contribution in [0.3, 0.4) is 0 Å². The quantitative estimate of drug-likeness (QED) is 0.544. The Morgan fingerprint density at radius 1 is 0.875 bits per heavy atom. The highest BCUT2D eigenvalue weighted by molar-refractivity contribution is 6.06. The highest BCUT2D eigenvalue weighted by atomic mass is 16.4. The number of carboxylic acids is 1. The maximum atomic E-state index is 11.3. The molecule has 0 radical (unpaired) electrons. The number of nitrogens with two attached hydrogens (primary N) is 1. The average Bonchev–Trinajstić information content (AvgIpc) is 2.57. The van der Waals surface area contributed by atoms with Gasteiger partial charge in [-0.15, -0.1) is 0 Å². The zero-order valence-corrected chi connectivity index (χ0v) is 13.6. The Morgan fingerprint density at radius 3 is 2.08 bits per heavy atom. The maximum Gasteiger partial charge on any atom is 0.337 e. The van der Waals surface area contributed by atoms with E-state index in [2.05, 4.69) is 0 Å². The van der Waals surface area contributed by atoms with Crippen LogP contribution in [-0.4, -0.2) is 16.9 Å². The molecular weight excluding hydrogens is 302 g/mol. The van der Waals surface area contributed by atoms with Crippen LogP contribution in [0, 0.1) is 6.92 Å². The summed E-state index contributed by atoms with van der Waals surface area (Å²) >= 11 is 0. The Balaban J connectivity index is 0.000000177. The van der Waals surface area contributed by atoms with E-state index in [4.69, 9.17) is 10.8 Å². The van der Waals surface area contributed by atoms with E-state index < -0.39 is 5.97 Å². The fraction of sp³-hybridized carbons (Fsp3) is 0.100. The van der Waals surface area contributed by atoms with E-state index in [9.17, 15) is 9.59 Å². The van der Waals surface area contributed by atoms with Crippen molar-refractivity contribution in [2.75, 3.05) is 5.73 Å². The molecule has 3 aromatic carbocycles. The van der Waals surface area contributed by atoms with E-state index in [0.717, 1.165) is 21.9 Å². The Kier molecular flexibility index (Phi) is 5.32. The number of carboxylic acid groups (broad SMARTS) is 1. The molecule has 0 unspecified atom stereocenters. The van der Waals surface area contributed by atoms with Crippen LogP contribution in [0.25, 0.3) is 10.8 Å². The van der Waals surface area contributed by atoms with E-state index in [1.165, 1.54) is 6.07 Å². The standard InChI is InChI=1S/C12H10O.C8H9NO2/c1-9(13)11-8-4-6-10-5-2-3-7-12(10)11;1-5-3-2-4-6(7(5)9)8(10)11/h2-8H,1H3;2-4H,9H2,1H3,(H,10,11). The summed E-state index contributed by atoms with van der Waals surface area (Å²) in [5, 5.41) is 10.8. The normalized spacial score (nSPS) is 9.92. The molecule has 0 saturated heterocycles. The van der Waals surface area contributed by atoms with Gasteiger partial charge in [0.1, 0.15) is 0 Å². The number of carbonyl (C=O) groups is 2. The van der Waals surface area contributed by atoms with Crippen LogP contribution in [-0.2, 0) is 0 Å². The largest absolute Gasteiger partial charge is 0.478 e. The van der Waals surface area contributed by atoms with E-state index in [1.54, 1.807) is 26.0 Å². The number of hydrogen-bond acceptors (Lipinski definition) is 3. The van der Waals surface area contributed by atoms with Gasteiger partial charge in [-0.1, -0.05) is 54.6 Å². The zero-order chi connectivity index (χ0) is 17.7. The van der Waals surface area contributed by atoms with Gasteiger partial charge in [0.15, 0.2) is 5.78 Å². The second-order valence-corrected chi connectivity index (χ2v) is 5.42. The lowest BCUT2D eigenvalue weighted by Crippen LogP contribution is -2.03. The molecule has 0 aliphatic carbocycles. The summed E-state index contributed by atoms with van der Waals surface area (Å²) in [7, 11) is 0. The van der Waals surface area contributed by atoms with Crippen molar-refractivity contribution in [3.05, 3.63) is 77.4 Å². The predicted molar refractivity (Wildman–Crippen MR) is 96.5 cm³/mol. The van der Waals surface area contributed by atoms with E-state index in [0.29, 0.717) is 5.69 Å². The molecule has 3 aromatic rings. The molecule has 4 nitrogen and oxygen atoms in total. The Morgan fingerprint density at radius 2 is 1.46 bits per heavy atom. The second kappa shape index (κ2) is 7.42. The third-order valence-corrected chi connectivity index (χ3v) is 3.72. The molecule has 0 amide bonds. The SMILES string of the molecule is CC(=O)c1cccc2ccccc12.Cc1cccc(C(=O)O)c1N. The molecule has 24 heavy (non-hydrogen) atoms. The van der Waals surface area contributed by atoms with Gasteiger partial charge in [0.25, 0.3) is 0 Å². The minimum atomic E-state index is -0.980. The monoisotopic (exact) mass is 321 g/mol. The lowest BCUT2D eigenvalue weighted by Gasteiger charge is -2.02. The maximum absolute atomic E-state index is 11.3. The fourth-order valence-corrected chi connectivity index (χ4v) is 2.40. The van der Waals surface area contributed by atoms with Crippen molar-refractivity contribution >= 4 is 28.2 Å². The number of ketones is 1. The lowest BCUT2D eigenvalue weighted by atomic mass is 10.0. The second-order valence-electron chi connectivity index (χ2n) is 5.42. The molecule has 0 atom stereocenters. The number of Topliss-reactive ketones (excluding diaryl/α,β-unsaturated/α-hetero) is 1. The van der Waals surface area contributed by atoms with Gasteiger partial charge in [0, 0.05) is 11.3 Å². The van der Waals surface area contributed by atoms with Gasteiger partial charge < -0.3 is 10.8 Å². The molecular formula is C20H19NO3. The minimum absolute atomic E-state index is 0.122. The van der Waals surface area contributed by atoms with Crippen LogP contribution < -0.4 is 5.73 Å². The number of anilines is 1. The molecule has 122 valence electrons. The molecule has 4 heteroatoms. The third-order valence-electron chi connectivity index (χ3n) is 3.72. The van der Waals surface area contributed by atoms with Crippen LogP contribution in [0.5, 0.6) is 0 Å². The van der Waals surface area contributed by atoms with Crippen LogP contribution in [0.2, 0.25) is 0 Å². The summed E-state index contributed by atoms with van der Waals surface area (Å²) < 4.78 is 0. The van der Waals surface area contributed by atoms with Crippen molar-refractivity contribution in [1.82, 2.24) is 0 Å². The first kappa shape index (κ1) is 17.2. The van der Waals surface area contributed by atoms with Crippen molar-refractivity contribution in [3.63, 3.8) is 0 Å². The van der Waals surface area contributed by atoms with Gasteiger partial charge in [-0.05, 0) is 36.2 Å². The number of nitrogen functional groups attached to an aromatic ring is 1. The molecule has 3 N–H and O–H groups in total. The highest BCUT2D eigenvalue weighted by Gasteiger charge is 2.07. The minimum Gasteiger partial charge on any atom is -0.478 e. The van der Waals surface area contributed by atoms with Gasteiger partial charge in [-0.2, -0.15) is 0 Å². The molecule has 0 aliphatic rings. The molecule has 0 saturated carbocycles. The first-order valence-electron chi connectivity index (χ1n) is 7.49. The fourth-order valence-electron chi connectivity index (χ4n) is 2.40. The first-order valence-corrected chi connectivity index (χ1v) is 7.49. The van der Waals surface area contributed by atoms with Crippen molar-refractivity contribution < 1.29 is 14.7 Å². The van der Waals surface area contributed by atoms with Crippen LogP contribution in [0.1, 0.15) is 33.2 Å². The molecule has 0 bridgehead atoms. The van der Waals surface area contributed by atoms with Gasteiger partial charge in [0.2, 0.25) is 0 Å². The van der Waals surface area contributed by atoms with Gasteiger partial charge in [0.05, 0.1) is 5.56 Å². The summed E-state index contributed by atoms with van der Waals surface area (Å²) in [5.74, 6) is -0.858. The lowest BCUT2D eigenvalue weighted by molar-refractivity contribution is 0.0697. The van der Waals surface area contributed by atoms with Gasteiger partial charge >= 0.3 is 5.97 Å². The van der Waals surface area contributed by atoms with E-state index >= 15 is 0 Å². The number of benzene rings is 3. The van der Waals surface area contributed by atoms with Crippen LogP contribution >= 0.6 is 0 Å². The highest BCUT2D eigenvalue weighted by Crippen LogP contribution is 2.18. The molecule has 0 spiro atoms. The number of carbonyl (C=O) groups excluding carboxylic acids is 1. The number of aryl methyl sites for hydroxylation is 1. The average molecular weight is 321 g/mol. The van der Waals surface area contributed by atoms with Crippen LogP contribution in [0.15, 0.2) is 60.7 Å². The topological polar surface area (TPSA) is 80.4 Å². The number of para-hydroxylation sites is 1. The number of hydrogen-bond donors (Lipinski definition) is 2. The summed E-state index contributed by atoms with van der Waals surface area (Å²) in [6.07, 6.45) is 0. The van der Waals surface area contributed by atoms with E-state index in [-0.39, 0.29) is 11.3 Å². The summed E-state index contributed by atoms with van der Waals surface area (Å²) in [4.78, 5) is 21.8. The third kappa shape index (κ3) is 3.79. The van der Waals surface area contributed by atoms with Gasteiger partial charge in [-0.25, -0.2) is 4.79 Å². The predicted octanol–water partition coefficient (Wildman–Crippen LogP) is 4.32. The van der Waals surface area contributed by atoms with Crippen molar-refractivity contribution in [1.29, 1.82) is 0 Å². The number of rotatable bonds is 2. The zero-order valence-electron chi connectivity index (χ0n) is 13.6. The van der Waals surface area contributed by atoms with Crippen molar-refractivity contribution in [2.24, 2.45) is 0 Å². The summed E-state index contributed by atoms with van der Waals surface area (Å²) in [6, 6.07) is 18.7. The smallest absolute Gasteiger partial charge is 0.337 e. The summed E-state index contributed by atoms with van der Waals surface area (Å²) in [6.45, 7) is 3.38. The van der Waals surface area contributed by atoms with Gasteiger partial charge in [-0.3, -0.25) is 4.79 Å². The van der Waals surface area contributed by atoms with E-state index in [1.807, 2.05) is 42.5 Å². The van der Waals surface area contributed by atoms with Crippen molar-refractivity contribution in [3.8, 4) is 0 Å². The Labute approximate surface area is 140 Å². The molecule has 0 fully saturated rings. The number of aromatic carboxylic acids is 1. The molecule has 3 rings (SSSR count). The molecule has 0 aromatic heterocycles. The molecule has 0 aliphatic heterocycles. The Bertz CT molecular complexity index is 895. The first-order chi connectivity index (χ1) is 11.4. The summed E-state index contributed by atoms with van der Waals surface area (Å²) in [5.41, 5.74) is 7.62. The molecule has 0 heterocycles.